The Bertz CT molecular complexity index is 236. The first kappa shape index (κ1) is 17.0. The van der Waals surface area contributed by atoms with Crippen molar-refractivity contribution in [3.05, 3.63) is 0 Å². The molecule has 0 spiro atoms. The highest BCUT2D eigenvalue weighted by Crippen LogP contribution is 2.35. The number of rotatable bonds is 7. The lowest BCUT2D eigenvalue weighted by Crippen LogP contribution is -2.51. The van der Waals surface area contributed by atoms with Gasteiger partial charge in [0.15, 0.2) is 0 Å². The average molecular weight is 269 g/mol. The first-order valence-corrected chi connectivity index (χ1v) is 8.26. The Hall–Kier alpha value is -0.0800. The molecule has 2 nitrogen and oxygen atoms in total. The molecule has 0 aromatic rings. The van der Waals surface area contributed by atoms with E-state index in [-0.39, 0.29) is 11.1 Å². The van der Waals surface area contributed by atoms with Crippen molar-refractivity contribution in [2.24, 2.45) is 5.92 Å². The standard InChI is InChI=1S/C17H35NO/c1-6-7-8-13-19-17(14-18-16(3,4)5)11-9-15(2)10-12-17/h15,18H,6-14H2,1-5H3. The molecule has 0 aromatic carbocycles. The molecule has 2 heteroatoms. The van der Waals surface area contributed by atoms with Gasteiger partial charge in [-0.2, -0.15) is 0 Å². The van der Waals surface area contributed by atoms with Crippen molar-refractivity contribution >= 4 is 0 Å². The molecule has 0 unspecified atom stereocenters. The van der Waals surface area contributed by atoms with Crippen molar-refractivity contribution in [3.8, 4) is 0 Å². The number of hydrogen-bond donors (Lipinski definition) is 1. The van der Waals surface area contributed by atoms with Gasteiger partial charge >= 0.3 is 0 Å². The maximum absolute atomic E-state index is 6.35. The lowest BCUT2D eigenvalue weighted by Gasteiger charge is -2.41. The summed E-state index contributed by atoms with van der Waals surface area (Å²) in [7, 11) is 0. The predicted octanol–water partition coefficient (Wildman–Crippen LogP) is 4.53. The molecular formula is C17H35NO. The van der Waals surface area contributed by atoms with Crippen molar-refractivity contribution in [2.75, 3.05) is 13.2 Å². The Morgan fingerprint density at radius 2 is 1.79 bits per heavy atom. The van der Waals surface area contributed by atoms with Gasteiger partial charge in [-0.3, -0.25) is 0 Å². The van der Waals surface area contributed by atoms with Crippen LogP contribution in [0, 0.1) is 5.92 Å². The summed E-state index contributed by atoms with van der Waals surface area (Å²) in [5.74, 6) is 0.877. The van der Waals surface area contributed by atoms with Crippen LogP contribution in [0.4, 0.5) is 0 Å². The van der Waals surface area contributed by atoms with Gasteiger partial charge in [0.05, 0.1) is 5.60 Å². The highest BCUT2D eigenvalue weighted by molar-refractivity contribution is 4.90. The van der Waals surface area contributed by atoms with Crippen molar-refractivity contribution in [1.82, 2.24) is 5.32 Å². The molecule has 1 saturated carbocycles. The van der Waals surface area contributed by atoms with Gasteiger partial charge in [-0.25, -0.2) is 0 Å². The monoisotopic (exact) mass is 269 g/mol. The molecule has 1 aliphatic carbocycles. The van der Waals surface area contributed by atoms with Crippen molar-refractivity contribution < 1.29 is 4.74 Å². The van der Waals surface area contributed by atoms with E-state index in [9.17, 15) is 0 Å². The first-order valence-electron chi connectivity index (χ1n) is 8.26. The van der Waals surface area contributed by atoms with Crippen LogP contribution in [0.3, 0.4) is 0 Å². The van der Waals surface area contributed by atoms with Crippen LogP contribution in [-0.2, 0) is 4.74 Å². The Morgan fingerprint density at radius 1 is 1.16 bits per heavy atom. The molecule has 19 heavy (non-hydrogen) atoms. The molecule has 0 bridgehead atoms. The van der Waals surface area contributed by atoms with E-state index in [1.165, 1.54) is 44.9 Å². The van der Waals surface area contributed by atoms with E-state index in [2.05, 4.69) is 39.9 Å². The summed E-state index contributed by atoms with van der Waals surface area (Å²) in [4.78, 5) is 0. The highest BCUT2D eigenvalue weighted by atomic mass is 16.5. The Labute approximate surface area is 120 Å². The molecular weight excluding hydrogens is 234 g/mol. The van der Waals surface area contributed by atoms with E-state index in [1.807, 2.05) is 0 Å². The number of unbranched alkanes of at least 4 members (excludes halogenated alkanes) is 2. The van der Waals surface area contributed by atoms with E-state index in [4.69, 9.17) is 4.74 Å². The molecule has 1 fully saturated rings. The Balaban J connectivity index is 2.47. The van der Waals surface area contributed by atoms with Crippen LogP contribution < -0.4 is 5.32 Å². The number of ether oxygens (including phenoxy) is 1. The lowest BCUT2D eigenvalue weighted by molar-refractivity contribution is -0.0790. The van der Waals surface area contributed by atoms with E-state index < -0.39 is 0 Å². The molecule has 0 atom stereocenters. The Morgan fingerprint density at radius 3 is 2.32 bits per heavy atom. The molecule has 0 aromatic heterocycles. The first-order chi connectivity index (χ1) is 8.87. The zero-order chi connectivity index (χ0) is 14.4. The van der Waals surface area contributed by atoms with Gasteiger partial charge in [0.1, 0.15) is 0 Å². The van der Waals surface area contributed by atoms with E-state index >= 15 is 0 Å². The van der Waals surface area contributed by atoms with Gasteiger partial charge in [-0.05, 0) is 58.8 Å². The summed E-state index contributed by atoms with van der Waals surface area (Å²) in [5.41, 5.74) is 0.288. The minimum Gasteiger partial charge on any atom is -0.374 e. The third-order valence-electron chi connectivity index (χ3n) is 4.28. The van der Waals surface area contributed by atoms with Gasteiger partial charge in [0.25, 0.3) is 0 Å². The minimum absolute atomic E-state index is 0.105. The summed E-state index contributed by atoms with van der Waals surface area (Å²) >= 11 is 0. The van der Waals surface area contributed by atoms with Crippen molar-refractivity contribution in [3.63, 3.8) is 0 Å². The topological polar surface area (TPSA) is 21.3 Å². The van der Waals surface area contributed by atoms with Crippen molar-refractivity contribution in [2.45, 2.75) is 90.7 Å². The Kier molecular flexibility index (Phi) is 6.82. The molecule has 0 radical (unpaired) electrons. The van der Waals surface area contributed by atoms with Crippen LogP contribution in [0.15, 0.2) is 0 Å². The molecule has 1 aliphatic rings. The van der Waals surface area contributed by atoms with Gasteiger partial charge in [-0.15, -0.1) is 0 Å². The normalized spacial score (nSPS) is 28.6. The highest BCUT2D eigenvalue weighted by Gasteiger charge is 2.35. The van der Waals surface area contributed by atoms with Crippen LogP contribution in [0.1, 0.15) is 79.6 Å². The molecule has 0 amide bonds. The third kappa shape index (κ3) is 6.76. The summed E-state index contributed by atoms with van der Waals surface area (Å²) in [6.45, 7) is 13.3. The fourth-order valence-corrected chi connectivity index (χ4v) is 2.73. The molecule has 1 N–H and O–H groups in total. The second-order valence-corrected chi connectivity index (χ2v) is 7.52. The summed E-state index contributed by atoms with van der Waals surface area (Å²) in [5, 5.41) is 3.66. The van der Waals surface area contributed by atoms with Gasteiger partial charge in [-0.1, -0.05) is 26.7 Å². The molecule has 0 saturated heterocycles. The van der Waals surface area contributed by atoms with E-state index in [1.54, 1.807) is 0 Å². The van der Waals surface area contributed by atoms with Crippen LogP contribution in [0.25, 0.3) is 0 Å². The van der Waals surface area contributed by atoms with Gasteiger partial charge in [0.2, 0.25) is 0 Å². The van der Waals surface area contributed by atoms with Crippen molar-refractivity contribution in [1.29, 1.82) is 0 Å². The predicted molar refractivity (Wildman–Crippen MR) is 83.6 cm³/mol. The maximum Gasteiger partial charge on any atom is 0.0806 e. The zero-order valence-corrected chi connectivity index (χ0v) is 13.8. The number of nitrogens with one attached hydrogen (secondary N) is 1. The molecule has 0 aliphatic heterocycles. The van der Waals surface area contributed by atoms with Crippen LogP contribution in [-0.4, -0.2) is 24.3 Å². The molecule has 114 valence electrons. The second kappa shape index (κ2) is 7.64. The second-order valence-electron chi connectivity index (χ2n) is 7.52. The smallest absolute Gasteiger partial charge is 0.0806 e. The minimum atomic E-state index is 0.105. The molecule has 1 rings (SSSR count). The fourth-order valence-electron chi connectivity index (χ4n) is 2.73. The molecule has 0 heterocycles. The summed E-state index contributed by atoms with van der Waals surface area (Å²) in [6, 6.07) is 0. The number of hydrogen-bond acceptors (Lipinski definition) is 2. The van der Waals surface area contributed by atoms with E-state index in [0.29, 0.717) is 0 Å². The van der Waals surface area contributed by atoms with Crippen LogP contribution in [0.5, 0.6) is 0 Å². The summed E-state index contributed by atoms with van der Waals surface area (Å²) in [6.07, 6.45) is 8.86. The van der Waals surface area contributed by atoms with Gasteiger partial charge < -0.3 is 10.1 Å². The lowest BCUT2D eigenvalue weighted by atomic mass is 9.79. The van der Waals surface area contributed by atoms with Crippen LogP contribution >= 0.6 is 0 Å². The van der Waals surface area contributed by atoms with Crippen LogP contribution in [0.2, 0.25) is 0 Å². The summed E-state index contributed by atoms with van der Waals surface area (Å²) < 4.78 is 6.35. The maximum atomic E-state index is 6.35. The fraction of sp³-hybridized carbons (Fsp3) is 1.00. The largest absolute Gasteiger partial charge is 0.374 e. The SMILES string of the molecule is CCCCCOC1(CNC(C)(C)C)CCC(C)CC1. The quantitative estimate of drug-likeness (QED) is 0.686. The third-order valence-corrected chi connectivity index (χ3v) is 4.28. The average Bonchev–Trinajstić information content (AvgIpc) is 2.35. The van der Waals surface area contributed by atoms with Gasteiger partial charge in [0, 0.05) is 18.7 Å². The zero-order valence-electron chi connectivity index (χ0n) is 13.8. The van der Waals surface area contributed by atoms with E-state index in [0.717, 1.165) is 19.1 Å².